The first-order chi connectivity index (χ1) is 24.7. The number of esters is 1. The number of likely N-dealkylation sites (N-methyl/N-ethyl adjacent to an activating group) is 1. The summed E-state index contributed by atoms with van der Waals surface area (Å²) in [5, 5.41) is 29.9. The Morgan fingerprint density at radius 2 is 1.83 bits per heavy atom. The van der Waals surface area contributed by atoms with Gasteiger partial charge in [0.05, 0.1) is 35.5 Å². The highest BCUT2D eigenvalue weighted by Crippen LogP contribution is 2.41. The third kappa shape index (κ3) is 10.3. The molecule has 12 atom stereocenters. The molecular weight excluding hydrogens is 688 g/mol. The molecule has 3 unspecified atom stereocenters. The quantitative estimate of drug-likeness (QED) is 0.0545. The van der Waals surface area contributed by atoms with Gasteiger partial charge in [-0.3, -0.25) is 4.90 Å². The third-order valence-corrected chi connectivity index (χ3v) is 11.1. The van der Waals surface area contributed by atoms with Crippen LogP contribution in [0.25, 0.3) is 10.4 Å². The zero-order valence-corrected chi connectivity index (χ0v) is 34.1. The number of hydrogen-bond donors (Lipinski definition) is 3. The number of nitrogens with zero attached hydrogens (tertiary/aromatic N) is 5. The Labute approximate surface area is 315 Å². The van der Waals surface area contributed by atoms with E-state index in [0.29, 0.717) is 56.5 Å². The molecule has 3 heterocycles. The van der Waals surface area contributed by atoms with Crippen LogP contribution >= 0.6 is 0 Å². The zero-order chi connectivity index (χ0) is 40.1. The molecule has 0 aromatic carbocycles. The van der Waals surface area contributed by atoms with Crippen LogP contribution in [0.1, 0.15) is 101 Å². The maximum Gasteiger partial charge on any atom is 0.410 e. The Morgan fingerprint density at radius 3 is 2.42 bits per heavy atom. The van der Waals surface area contributed by atoms with Gasteiger partial charge in [0.25, 0.3) is 0 Å². The van der Waals surface area contributed by atoms with Gasteiger partial charge in [-0.1, -0.05) is 19.0 Å². The lowest BCUT2D eigenvalue weighted by Crippen LogP contribution is -2.62. The highest BCUT2D eigenvalue weighted by Gasteiger charge is 2.57. The fourth-order valence-electron chi connectivity index (χ4n) is 8.35. The number of aliphatic hydroxyl groups is 2. The van der Waals surface area contributed by atoms with E-state index in [1.165, 1.54) is 0 Å². The average Bonchev–Trinajstić information content (AvgIpc) is 3.34. The maximum absolute atomic E-state index is 13.3. The molecular formula is C37H66N6O10. The molecule has 0 spiro atoms. The van der Waals surface area contributed by atoms with E-state index in [9.17, 15) is 19.8 Å². The molecule has 53 heavy (non-hydrogen) atoms. The number of nitrogens with one attached hydrogen (secondary N) is 1. The van der Waals surface area contributed by atoms with Gasteiger partial charge in [0.15, 0.2) is 11.9 Å². The van der Waals surface area contributed by atoms with Crippen molar-refractivity contribution in [2.45, 2.75) is 173 Å². The maximum atomic E-state index is 13.3. The number of carbonyl (C=O) groups is 2. The molecule has 2 saturated heterocycles. The van der Waals surface area contributed by atoms with E-state index in [1.54, 1.807) is 39.7 Å². The molecule has 0 radical (unpaired) electrons. The van der Waals surface area contributed by atoms with Crippen molar-refractivity contribution in [3.63, 3.8) is 0 Å². The van der Waals surface area contributed by atoms with Crippen LogP contribution < -0.4 is 5.32 Å². The van der Waals surface area contributed by atoms with Crippen molar-refractivity contribution in [3.05, 3.63) is 21.8 Å². The summed E-state index contributed by atoms with van der Waals surface area (Å²) in [4.78, 5) is 32.7. The number of unbranched alkanes of at least 4 members (excludes halogenated alkanes) is 1. The minimum absolute atomic E-state index is 0.200. The van der Waals surface area contributed by atoms with E-state index in [1.807, 2.05) is 60.5 Å². The number of rotatable bonds is 19. The lowest BCUT2D eigenvalue weighted by molar-refractivity contribution is -0.298. The number of methoxy groups -OCH3 is 1. The van der Waals surface area contributed by atoms with Gasteiger partial charge in [-0.05, 0) is 93.3 Å². The number of amides is 1. The molecule has 0 saturated carbocycles. The SMILES string of the molecule is CC[C@@H](O)[C@@]1(C)OC(=O)N(CCCCN=[N+]=[N-])[C@@H]1[C@@H](C)NC(C)C[C@@](C)(OC)[C@H](O[C@@H]1O[C@H](C)CC(N(C)C)C1O)[C@@H](C)C1=C(C)C(=O)OC(C)(C)O1. The van der Waals surface area contributed by atoms with Gasteiger partial charge < -0.3 is 48.9 Å². The van der Waals surface area contributed by atoms with Crippen LogP contribution in [-0.2, 0) is 33.2 Å². The first-order valence-electron chi connectivity index (χ1n) is 18.9. The summed E-state index contributed by atoms with van der Waals surface area (Å²) in [5.74, 6) is -1.87. The number of ether oxygens (including phenoxy) is 6. The van der Waals surface area contributed by atoms with Gasteiger partial charge in [-0.2, -0.15) is 0 Å². The molecule has 2 fully saturated rings. The highest BCUT2D eigenvalue weighted by molar-refractivity contribution is 5.89. The standard InChI is InChI=1S/C37H66N6O10/c1-14-27(44)37(10)30(43(34(47)53-37)18-16-15-17-39-41-38)25(6)40-21(2)20-36(9,48-13)31(23(4)29-24(5)32(46)52-35(7,8)51-29)50-33-28(45)26(42(11)12)19-22(3)49-33/h21-23,25-28,30-31,33,40,44-45H,14-20H2,1-13H3/t21?,22-,23+,25-,26?,27-,28?,30-,31-,33+,36-,37-/m1/s1. The van der Waals surface area contributed by atoms with E-state index in [4.69, 9.17) is 34.0 Å². The monoisotopic (exact) mass is 754 g/mol. The van der Waals surface area contributed by atoms with Crippen molar-refractivity contribution < 1.29 is 48.2 Å². The van der Waals surface area contributed by atoms with Crippen molar-refractivity contribution in [2.24, 2.45) is 11.0 Å². The Morgan fingerprint density at radius 1 is 1.17 bits per heavy atom. The summed E-state index contributed by atoms with van der Waals surface area (Å²) >= 11 is 0. The molecule has 16 nitrogen and oxygen atoms in total. The van der Waals surface area contributed by atoms with E-state index in [0.717, 1.165) is 0 Å². The molecule has 1 amide bonds. The molecule has 3 N–H and O–H groups in total. The van der Waals surface area contributed by atoms with Gasteiger partial charge in [-0.25, -0.2) is 9.59 Å². The normalized spacial score (nSPS) is 31.5. The highest BCUT2D eigenvalue weighted by atomic mass is 16.7. The van der Waals surface area contributed by atoms with Crippen LogP contribution in [0.5, 0.6) is 0 Å². The van der Waals surface area contributed by atoms with Crippen LogP contribution in [0.3, 0.4) is 0 Å². The Balaban J connectivity index is 1.97. The summed E-state index contributed by atoms with van der Waals surface area (Å²) in [7, 11) is 5.42. The smallest absolute Gasteiger partial charge is 0.410 e. The Bertz CT molecular complexity index is 1340. The van der Waals surface area contributed by atoms with Gasteiger partial charge in [-0.15, -0.1) is 0 Å². The lowest BCUT2D eigenvalue weighted by atomic mass is 9.81. The lowest BCUT2D eigenvalue weighted by Gasteiger charge is -2.48. The number of azide groups is 1. The Hall–Kier alpha value is -2.69. The second-order valence-electron chi connectivity index (χ2n) is 16.2. The molecule has 0 bridgehead atoms. The average molecular weight is 755 g/mol. The topological polar surface area (TPSA) is 197 Å². The fraction of sp³-hybridized carbons (Fsp3) is 0.892. The zero-order valence-electron chi connectivity index (χ0n) is 34.1. The molecule has 3 rings (SSSR count). The van der Waals surface area contributed by atoms with Crippen molar-refractivity contribution in [2.75, 3.05) is 34.3 Å². The molecule has 3 aliphatic heterocycles. The molecule has 0 aromatic heterocycles. The van der Waals surface area contributed by atoms with Gasteiger partial charge in [0, 0.05) is 63.0 Å². The molecule has 0 aromatic rings. The molecule has 0 aliphatic carbocycles. The third-order valence-electron chi connectivity index (χ3n) is 11.1. The largest absolute Gasteiger partial charge is 0.456 e. The predicted octanol–water partition coefficient (Wildman–Crippen LogP) is 4.62. The van der Waals surface area contributed by atoms with Crippen molar-refractivity contribution in [1.82, 2.24) is 15.1 Å². The Kier molecular flexibility index (Phi) is 15.4. The minimum Gasteiger partial charge on any atom is -0.456 e. The van der Waals surface area contributed by atoms with Gasteiger partial charge in [0.2, 0.25) is 5.79 Å². The van der Waals surface area contributed by atoms with Gasteiger partial charge >= 0.3 is 12.1 Å². The summed E-state index contributed by atoms with van der Waals surface area (Å²) in [6, 6.07) is -1.36. The minimum atomic E-state index is -1.21. The first kappa shape index (κ1) is 44.7. The summed E-state index contributed by atoms with van der Waals surface area (Å²) in [6.07, 6.45) is -1.84. The van der Waals surface area contributed by atoms with Crippen LogP contribution in [-0.4, -0.2) is 138 Å². The molecule has 304 valence electrons. The summed E-state index contributed by atoms with van der Waals surface area (Å²) in [5.41, 5.74) is 6.72. The molecule has 3 aliphatic rings. The number of carbonyl (C=O) groups excluding carboxylic acids is 2. The fourth-order valence-corrected chi connectivity index (χ4v) is 8.35. The van der Waals surface area contributed by atoms with E-state index >= 15 is 0 Å². The van der Waals surface area contributed by atoms with Crippen LogP contribution in [0.2, 0.25) is 0 Å². The van der Waals surface area contributed by atoms with Crippen LogP contribution in [0, 0.1) is 5.92 Å². The van der Waals surface area contributed by atoms with Crippen LogP contribution in [0.4, 0.5) is 4.79 Å². The predicted molar refractivity (Wildman–Crippen MR) is 197 cm³/mol. The number of aliphatic hydroxyl groups excluding tert-OH is 2. The van der Waals surface area contributed by atoms with E-state index in [2.05, 4.69) is 15.3 Å². The van der Waals surface area contributed by atoms with Crippen molar-refractivity contribution in [3.8, 4) is 0 Å². The van der Waals surface area contributed by atoms with Gasteiger partial charge in [0.1, 0.15) is 11.9 Å². The summed E-state index contributed by atoms with van der Waals surface area (Å²) < 4.78 is 37.0. The van der Waals surface area contributed by atoms with Crippen LogP contribution in [0.15, 0.2) is 16.4 Å². The first-order valence-corrected chi connectivity index (χ1v) is 18.9. The summed E-state index contributed by atoms with van der Waals surface area (Å²) in [6.45, 7) is 19.0. The van der Waals surface area contributed by atoms with Crippen molar-refractivity contribution >= 4 is 12.1 Å². The number of cyclic esters (lactones) is 2. The second kappa shape index (κ2) is 18.3. The van der Waals surface area contributed by atoms with E-state index in [-0.39, 0.29) is 24.2 Å². The molecule has 16 heteroatoms. The van der Waals surface area contributed by atoms with E-state index < -0.39 is 65.6 Å². The number of hydrogen-bond acceptors (Lipinski definition) is 13. The second-order valence-corrected chi connectivity index (χ2v) is 16.2. The van der Waals surface area contributed by atoms with Crippen molar-refractivity contribution in [1.29, 1.82) is 0 Å².